The first-order chi connectivity index (χ1) is 6.22. The number of aromatic amines is 1. The molecule has 0 unspecified atom stereocenters. The Morgan fingerprint density at radius 1 is 1.62 bits per heavy atom. The minimum Gasteiger partial charge on any atom is -0.395 e. The van der Waals surface area contributed by atoms with E-state index in [4.69, 9.17) is 5.11 Å². The van der Waals surface area contributed by atoms with E-state index in [0.29, 0.717) is 13.1 Å². The fraction of sp³-hybridized carbons (Fsp3) is 0.500. The Labute approximate surface area is 76.0 Å². The van der Waals surface area contributed by atoms with Gasteiger partial charge in [-0.2, -0.15) is 5.10 Å². The molecule has 13 heavy (non-hydrogen) atoms. The molecule has 0 aromatic carbocycles. The molecule has 0 aliphatic rings. The summed E-state index contributed by atoms with van der Waals surface area (Å²) in [6, 6.07) is 3.11. The van der Waals surface area contributed by atoms with E-state index in [0.717, 1.165) is 5.69 Å². The topological polar surface area (TPSA) is 69.2 Å². The molecule has 2 N–H and O–H groups in total. The predicted octanol–water partition coefficient (Wildman–Crippen LogP) is -0.806. The van der Waals surface area contributed by atoms with E-state index in [1.165, 1.54) is 6.07 Å². The molecule has 0 atom stereocenters. The summed E-state index contributed by atoms with van der Waals surface area (Å²) < 4.78 is 0. The molecule has 0 bridgehead atoms. The van der Waals surface area contributed by atoms with Crippen LogP contribution in [0.2, 0.25) is 0 Å². The maximum absolute atomic E-state index is 10.7. The Bertz CT molecular complexity index is 290. The van der Waals surface area contributed by atoms with Gasteiger partial charge in [0.2, 0.25) is 0 Å². The minimum absolute atomic E-state index is 0.125. The highest BCUT2D eigenvalue weighted by molar-refractivity contribution is 4.98. The van der Waals surface area contributed by atoms with Gasteiger partial charge in [0.25, 0.3) is 5.56 Å². The van der Waals surface area contributed by atoms with Gasteiger partial charge in [0.1, 0.15) is 0 Å². The van der Waals surface area contributed by atoms with Crippen molar-refractivity contribution in [3.63, 3.8) is 0 Å². The zero-order chi connectivity index (χ0) is 9.68. The number of hydrogen-bond acceptors (Lipinski definition) is 4. The fourth-order valence-corrected chi connectivity index (χ4v) is 0.988. The molecule has 0 aliphatic carbocycles. The molecule has 0 saturated heterocycles. The van der Waals surface area contributed by atoms with E-state index in [9.17, 15) is 4.79 Å². The standard InChI is InChI=1S/C8H13N3O2/c1-11(4-5-12)6-7-2-3-8(13)10-9-7/h2-3,12H,4-6H2,1H3,(H,10,13). The summed E-state index contributed by atoms with van der Waals surface area (Å²) in [5.74, 6) is 0. The van der Waals surface area contributed by atoms with Crippen molar-refractivity contribution in [3.8, 4) is 0 Å². The quantitative estimate of drug-likeness (QED) is 0.641. The summed E-state index contributed by atoms with van der Waals surface area (Å²) in [5.41, 5.74) is 0.587. The third-order valence-electron chi connectivity index (χ3n) is 1.65. The second kappa shape index (κ2) is 4.74. The van der Waals surface area contributed by atoms with Crippen LogP contribution in [0.1, 0.15) is 5.69 Å². The highest BCUT2D eigenvalue weighted by Crippen LogP contribution is 1.94. The lowest BCUT2D eigenvalue weighted by Crippen LogP contribution is -2.23. The van der Waals surface area contributed by atoms with Crippen LogP contribution in [-0.2, 0) is 6.54 Å². The van der Waals surface area contributed by atoms with Crippen molar-refractivity contribution >= 4 is 0 Å². The Hall–Kier alpha value is -1.20. The monoisotopic (exact) mass is 183 g/mol. The first-order valence-corrected chi connectivity index (χ1v) is 4.06. The number of aromatic nitrogens is 2. The molecule has 1 aromatic rings. The lowest BCUT2D eigenvalue weighted by atomic mass is 10.3. The Kier molecular flexibility index (Phi) is 3.60. The van der Waals surface area contributed by atoms with Gasteiger partial charge in [-0.05, 0) is 13.1 Å². The lowest BCUT2D eigenvalue weighted by molar-refractivity contribution is 0.215. The number of nitrogens with zero attached hydrogens (tertiary/aromatic N) is 2. The smallest absolute Gasteiger partial charge is 0.264 e. The van der Waals surface area contributed by atoms with Crippen LogP contribution in [0.15, 0.2) is 16.9 Å². The van der Waals surface area contributed by atoms with Crippen LogP contribution in [-0.4, -0.2) is 40.4 Å². The molecule has 5 heteroatoms. The van der Waals surface area contributed by atoms with Crippen molar-refractivity contribution < 1.29 is 5.11 Å². The maximum atomic E-state index is 10.7. The number of hydrogen-bond donors (Lipinski definition) is 2. The highest BCUT2D eigenvalue weighted by atomic mass is 16.3. The van der Waals surface area contributed by atoms with Gasteiger partial charge in [-0.3, -0.25) is 9.69 Å². The molecule has 0 aliphatic heterocycles. The number of likely N-dealkylation sites (N-methyl/N-ethyl adjacent to an activating group) is 1. The molecule has 1 rings (SSSR count). The number of aliphatic hydroxyl groups is 1. The summed E-state index contributed by atoms with van der Waals surface area (Å²) in [6.07, 6.45) is 0. The molecule has 5 nitrogen and oxygen atoms in total. The van der Waals surface area contributed by atoms with Crippen molar-refractivity contribution in [2.24, 2.45) is 0 Å². The van der Waals surface area contributed by atoms with E-state index < -0.39 is 0 Å². The lowest BCUT2D eigenvalue weighted by Gasteiger charge is -2.13. The van der Waals surface area contributed by atoms with Crippen molar-refractivity contribution in [2.75, 3.05) is 20.2 Å². The average Bonchev–Trinajstić information content (AvgIpc) is 2.09. The molecule has 0 saturated carbocycles. The minimum atomic E-state index is -0.200. The van der Waals surface area contributed by atoms with Gasteiger partial charge in [0, 0.05) is 19.2 Å². The molecule has 0 amide bonds. The molecular formula is C8H13N3O2. The molecular weight excluding hydrogens is 170 g/mol. The summed E-state index contributed by atoms with van der Waals surface area (Å²) in [4.78, 5) is 12.6. The molecule has 0 fully saturated rings. The Balaban J connectivity index is 2.54. The van der Waals surface area contributed by atoms with Crippen molar-refractivity contribution in [3.05, 3.63) is 28.2 Å². The number of nitrogens with one attached hydrogen (secondary N) is 1. The zero-order valence-electron chi connectivity index (χ0n) is 7.53. The SMILES string of the molecule is CN(CCO)Cc1ccc(=O)[nH]n1. The molecule has 0 spiro atoms. The third kappa shape index (κ3) is 3.35. The van der Waals surface area contributed by atoms with Gasteiger partial charge in [-0.1, -0.05) is 0 Å². The molecule has 72 valence electrons. The Morgan fingerprint density at radius 3 is 2.92 bits per heavy atom. The first kappa shape index (κ1) is 9.88. The van der Waals surface area contributed by atoms with Gasteiger partial charge in [0.15, 0.2) is 0 Å². The van der Waals surface area contributed by atoms with Gasteiger partial charge in [0.05, 0.1) is 12.3 Å². The normalized spacial score (nSPS) is 10.7. The van der Waals surface area contributed by atoms with E-state index in [1.807, 2.05) is 11.9 Å². The second-order valence-electron chi connectivity index (χ2n) is 2.87. The van der Waals surface area contributed by atoms with E-state index in [-0.39, 0.29) is 12.2 Å². The van der Waals surface area contributed by atoms with Crippen LogP contribution in [0.4, 0.5) is 0 Å². The van der Waals surface area contributed by atoms with Crippen LogP contribution in [0.25, 0.3) is 0 Å². The number of rotatable bonds is 4. The first-order valence-electron chi connectivity index (χ1n) is 4.06. The average molecular weight is 183 g/mol. The maximum Gasteiger partial charge on any atom is 0.264 e. The summed E-state index contributed by atoms with van der Waals surface area (Å²) in [5, 5.41) is 14.8. The van der Waals surface area contributed by atoms with E-state index in [1.54, 1.807) is 6.07 Å². The second-order valence-corrected chi connectivity index (χ2v) is 2.87. The number of H-pyrrole nitrogens is 1. The molecule has 1 heterocycles. The third-order valence-corrected chi connectivity index (χ3v) is 1.65. The van der Waals surface area contributed by atoms with Crippen LogP contribution in [0, 0.1) is 0 Å². The zero-order valence-corrected chi connectivity index (χ0v) is 7.53. The largest absolute Gasteiger partial charge is 0.395 e. The van der Waals surface area contributed by atoms with Crippen molar-refractivity contribution in [2.45, 2.75) is 6.54 Å². The van der Waals surface area contributed by atoms with Crippen LogP contribution >= 0.6 is 0 Å². The van der Waals surface area contributed by atoms with Crippen molar-refractivity contribution in [1.82, 2.24) is 15.1 Å². The van der Waals surface area contributed by atoms with Crippen LogP contribution in [0.3, 0.4) is 0 Å². The molecule has 1 aromatic heterocycles. The molecule has 0 radical (unpaired) electrons. The number of aliphatic hydroxyl groups excluding tert-OH is 1. The summed E-state index contributed by atoms with van der Waals surface area (Å²) in [6.45, 7) is 1.35. The van der Waals surface area contributed by atoms with E-state index >= 15 is 0 Å². The Morgan fingerprint density at radius 2 is 2.38 bits per heavy atom. The summed E-state index contributed by atoms with van der Waals surface area (Å²) in [7, 11) is 1.88. The van der Waals surface area contributed by atoms with Gasteiger partial charge in [-0.15, -0.1) is 0 Å². The van der Waals surface area contributed by atoms with Gasteiger partial charge in [-0.25, -0.2) is 5.10 Å². The summed E-state index contributed by atoms with van der Waals surface area (Å²) >= 11 is 0. The predicted molar refractivity (Wildman–Crippen MR) is 48.3 cm³/mol. The fourth-order valence-electron chi connectivity index (χ4n) is 0.988. The van der Waals surface area contributed by atoms with Crippen molar-refractivity contribution in [1.29, 1.82) is 0 Å². The highest BCUT2D eigenvalue weighted by Gasteiger charge is 1.99. The van der Waals surface area contributed by atoms with Gasteiger partial charge < -0.3 is 5.11 Å². The van der Waals surface area contributed by atoms with Crippen LogP contribution in [0.5, 0.6) is 0 Å². The van der Waals surface area contributed by atoms with Crippen LogP contribution < -0.4 is 5.56 Å². The van der Waals surface area contributed by atoms with E-state index in [2.05, 4.69) is 10.2 Å². The van der Waals surface area contributed by atoms with Gasteiger partial charge >= 0.3 is 0 Å².